The summed E-state index contributed by atoms with van der Waals surface area (Å²) in [6.07, 6.45) is 3.44. The van der Waals surface area contributed by atoms with Crippen LogP contribution in [0.5, 0.6) is 0 Å². The zero-order valence-electron chi connectivity index (χ0n) is 16.7. The molecule has 1 aromatic rings. The van der Waals surface area contributed by atoms with Crippen LogP contribution in [0.15, 0.2) is 12.3 Å². The van der Waals surface area contributed by atoms with Gasteiger partial charge in [-0.1, -0.05) is 48.0 Å². The van der Waals surface area contributed by atoms with Crippen LogP contribution < -0.4 is 5.32 Å². The van der Waals surface area contributed by atoms with E-state index in [1.807, 2.05) is 51.4 Å². The summed E-state index contributed by atoms with van der Waals surface area (Å²) in [5.41, 5.74) is 1.63. The Morgan fingerprint density at radius 2 is 1.79 bits per heavy atom. The van der Waals surface area contributed by atoms with Crippen LogP contribution in [-0.2, 0) is 9.53 Å². The SMILES string of the molecule is CC.CC.CCC.CCOC(=O)CC1CNC(=O)c2cc(C)cn21. The number of nitrogens with zero attached hydrogens (tertiary/aromatic N) is 1. The molecule has 1 unspecified atom stereocenters. The summed E-state index contributed by atoms with van der Waals surface area (Å²) >= 11 is 0. The molecule has 0 saturated carbocycles. The molecule has 5 nitrogen and oxygen atoms in total. The number of amides is 1. The first kappa shape index (κ1) is 24.5. The molecule has 2 heterocycles. The fraction of sp³-hybridized carbons (Fsp3) is 0.684. The van der Waals surface area contributed by atoms with E-state index in [1.54, 1.807) is 6.92 Å². The highest BCUT2D eigenvalue weighted by atomic mass is 16.5. The van der Waals surface area contributed by atoms with Crippen LogP contribution in [0.25, 0.3) is 0 Å². The van der Waals surface area contributed by atoms with Crippen molar-refractivity contribution in [3.8, 4) is 0 Å². The minimum absolute atomic E-state index is 0.0459. The molecule has 24 heavy (non-hydrogen) atoms. The maximum absolute atomic E-state index is 11.6. The largest absolute Gasteiger partial charge is 0.466 e. The zero-order chi connectivity index (χ0) is 19.1. The third-order valence-electron chi connectivity index (χ3n) is 2.82. The molecule has 2 rings (SSSR count). The zero-order valence-corrected chi connectivity index (χ0v) is 16.7. The Balaban J connectivity index is 0. The van der Waals surface area contributed by atoms with E-state index >= 15 is 0 Å². The third kappa shape index (κ3) is 8.18. The van der Waals surface area contributed by atoms with Gasteiger partial charge in [0.05, 0.1) is 19.1 Å². The molecule has 0 saturated heterocycles. The van der Waals surface area contributed by atoms with E-state index in [4.69, 9.17) is 4.74 Å². The number of carbonyl (C=O) groups is 2. The van der Waals surface area contributed by atoms with Gasteiger partial charge in [0.25, 0.3) is 5.91 Å². The number of nitrogens with one attached hydrogen (secondary N) is 1. The van der Waals surface area contributed by atoms with Gasteiger partial charge in [0.2, 0.25) is 0 Å². The van der Waals surface area contributed by atoms with Crippen LogP contribution in [-0.4, -0.2) is 29.6 Å². The summed E-state index contributed by atoms with van der Waals surface area (Å²) in [6, 6.07) is 1.78. The summed E-state index contributed by atoms with van der Waals surface area (Å²) in [6.45, 7) is 16.8. The van der Waals surface area contributed by atoms with Gasteiger partial charge in [-0.2, -0.15) is 0 Å². The highest BCUT2D eigenvalue weighted by Crippen LogP contribution is 2.21. The van der Waals surface area contributed by atoms with E-state index in [0.29, 0.717) is 18.8 Å². The van der Waals surface area contributed by atoms with Crippen molar-refractivity contribution >= 4 is 11.9 Å². The Labute approximate surface area is 147 Å². The van der Waals surface area contributed by atoms with Gasteiger partial charge >= 0.3 is 5.97 Å². The number of hydrogen-bond donors (Lipinski definition) is 1. The molecule has 1 N–H and O–H groups in total. The monoisotopic (exact) mass is 340 g/mol. The molecule has 0 aliphatic carbocycles. The van der Waals surface area contributed by atoms with Gasteiger partial charge in [-0.05, 0) is 25.5 Å². The van der Waals surface area contributed by atoms with Gasteiger partial charge < -0.3 is 14.6 Å². The Bertz CT molecular complexity index is 467. The molecule has 1 amide bonds. The minimum atomic E-state index is -0.231. The Morgan fingerprint density at radius 3 is 2.29 bits per heavy atom. The molecule has 1 aromatic heterocycles. The van der Waals surface area contributed by atoms with Gasteiger partial charge in [-0.15, -0.1) is 0 Å². The lowest BCUT2D eigenvalue weighted by Gasteiger charge is -2.25. The first-order chi connectivity index (χ1) is 11.5. The quantitative estimate of drug-likeness (QED) is 0.824. The molecule has 1 atom stereocenters. The van der Waals surface area contributed by atoms with Crippen LogP contribution in [0.2, 0.25) is 0 Å². The van der Waals surface area contributed by atoms with Gasteiger partial charge in [-0.3, -0.25) is 9.59 Å². The number of ether oxygens (including phenoxy) is 1. The lowest BCUT2D eigenvalue weighted by molar-refractivity contribution is -0.144. The molecule has 0 bridgehead atoms. The molecular weight excluding hydrogens is 304 g/mol. The average Bonchev–Trinajstić information content (AvgIpc) is 2.98. The standard InChI is InChI=1S/C12H16N2O3.C3H8.2C2H6/c1-3-17-11(15)5-9-6-13-12(16)10-4-8(2)7-14(9)10;1-3-2;2*1-2/h4,7,9H,3,5-6H2,1-2H3,(H,13,16);3H2,1-2H3;2*1-2H3. The maximum atomic E-state index is 11.6. The third-order valence-corrected chi connectivity index (χ3v) is 2.82. The van der Waals surface area contributed by atoms with E-state index in [9.17, 15) is 9.59 Å². The molecule has 0 aromatic carbocycles. The Kier molecular flexibility index (Phi) is 15.1. The number of rotatable bonds is 3. The van der Waals surface area contributed by atoms with Crippen molar-refractivity contribution in [3.63, 3.8) is 0 Å². The van der Waals surface area contributed by atoms with Crippen LogP contribution >= 0.6 is 0 Å². The predicted molar refractivity (Wildman–Crippen MR) is 100 cm³/mol. The van der Waals surface area contributed by atoms with E-state index in [2.05, 4.69) is 19.2 Å². The fourth-order valence-corrected chi connectivity index (χ4v) is 2.08. The van der Waals surface area contributed by atoms with Crippen molar-refractivity contribution in [1.29, 1.82) is 0 Å². The maximum Gasteiger partial charge on any atom is 0.307 e. The molecule has 0 radical (unpaired) electrons. The fourth-order valence-electron chi connectivity index (χ4n) is 2.08. The first-order valence-electron chi connectivity index (χ1n) is 9.15. The van der Waals surface area contributed by atoms with Gasteiger partial charge in [0, 0.05) is 12.7 Å². The van der Waals surface area contributed by atoms with Gasteiger partial charge in [-0.25, -0.2) is 0 Å². The van der Waals surface area contributed by atoms with Gasteiger partial charge in [0.1, 0.15) is 5.69 Å². The van der Waals surface area contributed by atoms with E-state index in [-0.39, 0.29) is 24.3 Å². The van der Waals surface area contributed by atoms with Crippen LogP contribution in [0.1, 0.15) is 83.4 Å². The molecular formula is C19H36N2O3. The second-order valence-electron chi connectivity index (χ2n) is 4.89. The molecule has 5 heteroatoms. The second-order valence-corrected chi connectivity index (χ2v) is 4.89. The minimum Gasteiger partial charge on any atom is -0.466 e. The van der Waals surface area contributed by atoms with E-state index < -0.39 is 0 Å². The summed E-state index contributed by atoms with van der Waals surface area (Å²) in [5, 5.41) is 2.78. The summed E-state index contributed by atoms with van der Waals surface area (Å²) in [7, 11) is 0. The summed E-state index contributed by atoms with van der Waals surface area (Å²) < 4.78 is 6.79. The van der Waals surface area contributed by atoms with Crippen molar-refractivity contribution in [3.05, 3.63) is 23.5 Å². The molecule has 0 fully saturated rings. The van der Waals surface area contributed by atoms with E-state index in [1.165, 1.54) is 6.42 Å². The predicted octanol–water partition coefficient (Wildman–Crippen LogP) is 4.50. The van der Waals surface area contributed by atoms with Crippen LogP contribution in [0, 0.1) is 6.92 Å². The summed E-state index contributed by atoms with van der Waals surface area (Å²) in [5.74, 6) is -0.316. The molecule has 0 spiro atoms. The summed E-state index contributed by atoms with van der Waals surface area (Å²) in [4.78, 5) is 23.1. The van der Waals surface area contributed by atoms with E-state index in [0.717, 1.165) is 5.56 Å². The average molecular weight is 341 g/mol. The number of fused-ring (bicyclic) bond motifs is 1. The van der Waals surface area contributed by atoms with Gasteiger partial charge in [0.15, 0.2) is 0 Å². The lowest BCUT2D eigenvalue weighted by atomic mass is 10.1. The Hall–Kier alpha value is -1.78. The number of aromatic nitrogens is 1. The molecule has 1 aliphatic rings. The number of hydrogen-bond acceptors (Lipinski definition) is 3. The van der Waals surface area contributed by atoms with Crippen molar-refractivity contribution in [2.45, 2.75) is 74.3 Å². The molecule has 140 valence electrons. The second kappa shape index (κ2) is 14.8. The number of aryl methyl sites for hydroxylation is 1. The highest BCUT2D eigenvalue weighted by molar-refractivity contribution is 5.94. The van der Waals surface area contributed by atoms with Crippen molar-refractivity contribution in [2.75, 3.05) is 13.2 Å². The Morgan fingerprint density at radius 1 is 1.25 bits per heavy atom. The first-order valence-corrected chi connectivity index (χ1v) is 9.15. The van der Waals surface area contributed by atoms with Crippen molar-refractivity contribution in [2.24, 2.45) is 0 Å². The normalized spacial score (nSPS) is 14.3. The smallest absolute Gasteiger partial charge is 0.307 e. The number of esters is 1. The van der Waals surface area contributed by atoms with Crippen molar-refractivity contribution < 1.29 is 14.3 Å². The topological polar surface area (TPSA) is 60.3 Å². The molecule has 1 aliphatic heterocycles. The lowest BCUT2D eigenvalue weighted by Crippen LogP contribution is -2.39. The van der Waals surface area contributed by atoms with Crippen LogP contribution in [0.4, 0.5) is 0 Å². The number of carbonyl (C=O) groups excluding carboxylic acids is 2. The van der Waals surface area contributed by atoms with Crippen LogP contribution in [0.3, 0.4) is 0 Å². The van der Waals surface area contributed by atoms with Crippen molar-refractivity contribution in [1.82, 2.24) is 9.88 Å². The highest BCUT2D eigenvalue weighted by Gasteiger charge is 2.26.